The predicted molar refractivity (Wildman–Crippen MR) is 28.1 cm³/mol. The van der Waals surface area contributed by atoms with Crippen molar-refractivity contribution in [2.24, 2.45) is 5.73 Å². The summed E-state index contributed by atoms with van der Waals surface area (Å²) in [5.41, 5.74) is 5.00. The molecule has 0 aromatic heterocycles. The largest absolute Gasteiger partial charge is 0.405 e. The monoisotopic (exact) mass is 100 g/mol. The van der Waals surface area contributed by atoms with E-state index in [1.807, 2.05) is 0 Å². The molecule has 0 aliphatic carbocycles. The Morgan fingerprint density at radius 3 is 2.57 bits per heavy atom. The molecule has 3 nitrogen and oxygen atoms in total. The van der Waals surface area contributed by atoms with Crippen LogP contribution >= 0.6 is 0 Å². The van der Waals surface area contributed by atoms with Crippen LogP contribution in [0.2, 0.25) is 0 Å². The van der Waals surface area contributed by atoms with Crippen molar-refractivity contribution in [3.63, 3.8) is 0 Å². The van der Waals surface area contributed by atoms with Gasteiger partial charge >= 0.3 is 0 Å². The number of nitrogens with one attached hydrogen (secondary N) is 1. The first kappa shape index (κ1) is 6.17. The molecule has 0 aliphatic heterocycles. The first-order valence-corrected chi connectivity index (χ1v) is 1.88. The minimum Gasteiger partial charge on any atom is -0.405 e. The van der Waals surface area contributed by atoms with Gasteiger partial charge in [0.1, 0.15) is 0 Å². The summed E-state index contributed by atoms with van der Waals surface area (Å²) in [7, 11) is 0. The zero-order chi connectivity index (χ0) is 5.70. The predicted octanol–water partition coefficient (Wildman–Crippen LogP) is -0.529. The highest BCUT2D eigenvalue weighted by atomic mass is 16.3. The van der Waals surface area contributed by atoms with Crippen molar-refractivity contribution in [2.45, 2.75) is 0 Å². The topological polar surface area (TPSA) is 70.1 Å². The fraction of sp³-hybridized carbons (Fsp3) is 0.250. The van der Waals surface area contributed by atoms with Crippen molar-refractivity contribution in [3.05, 3.63) is 12.3 Å². The van der Waals surface area contributed by atoms with Gasteiger partial charge < -0.3 is 16.2 Å². The number of nitrogens with two attached hydrogens (primary N) is 1. The van der Waals surface area contributed by atoms with Gasteiger partial charge in [0.25, 0.3) is 0 Å². The average Bonchev–Trinajstić information content (AvgIpc) is 1.68. The van der Waals surface area contributed by atoms with Crippen LogP contribution in [0.15, 0.2) is 12.3 Å². The lowest BCUT2D eigenvalue weighted by Crippen LogP contribution is -1.97. The summed E-state index contributed by atoms with van der Waals surface area (Å²) in [6.07, 6.45) is 2.55. The second-order valence-corrected chi connectivity index (χ2v) is 1.04. The SMILES string of the molecule is N=C(C=CN)CO. The fourth-order valence-corrected chi connectivity index (χ4v) is 0.169. The number of aliphatic hydroxyl groups excluding tert-OH is 1. The van der Waals surface area contributed by atoms with Crippen LogP contribution in [0, 0.1) is 5.41 Å². The number of hydrogen-bond acceptors (Lipinski definition) is 3. The van der Waals surface area contributed by atoms with Gasteiger partial charge in [0.15, 0.2) is 0 Å². The lowest BCUT2D eigenvalue weighted by Gasteiger charge is -1.83. The van der Waals surface area contributed by atoms with E-state index >= 15 is 0 Å². The highest BCUT2D eigenvalue weighted by Gasteiger charge is 1.79. The van der Waals surface area contributed by atoms with Crippen molar-refractivity contribution < 1.29 is 5.11 Å². The third kappa shape index (κ3) is 2.99. The Morgan fingerprint density at radius 1 is 1.86 bits per heavy atom. The summed E-state index contributed by atoms with van der Waals surface area (Å²) in [5.74, 6) is 0. The molecule has 4 N–H and O–H groups in total. The average molecular weight is 100 g/mol. The second kappa shape index (κ2) is 3.36. The number of aliphatic hydroxyl groups is 1. The van der Waals surface area contributed by atoms with Crippen molar-refractivity contribution in [3.8, 4) is 0 Å². The minimum absolute atomic E-state index is 0.127. The quantitative estimate of drug-likeness (QED) is 0.408. The number of hydrogen-bond donors (Lipinski definition) is 3. The van der Waals surface area contributed by atoms with Crippen molar-refractivity contribution in [1.82, 2.24) is 0 Å². The highest BCUT2D eigenvalue weighted by molar-refractivity contribution is 5.92. The molecule has 0 aromatic carbocycles. The molecule has 0 heterocycles. The van der Waals surface area contributed by atoms with Crippen LogP contribution in [0.1, 0.15) is 0 Å². The van der Waals surface area contributed by atoms with Crippen molar-refractivity contribution in [1.29, 1.82) is 5.41 Å². The highest BCUT2D eigenvalue weighted by Crippen LogP contribution is 1.68. The molecular weight excluding hydrogens is 92.1 g/mol. The molecule has 3 heteroatoms. The Kier molecular flexibility index (Phi) is 2.96. The van der Waals surface area contributed by atoms with Crippen LogP contribution in [0.25, 0.3) is 0 Å². The molecular formula is C4H8N2O. The van der Waals surface area contributed by atoms with Crippen molar-refractivity contribution in [2.75, 3.05) is 6.61 Å². The van der Waals surface area contributed by atoms with Crippen LogP contribution in [0.5, 0.6) is 0 Å². The van der Waals surface area contributed by atoms with E-state index < -0.39 is 0 Å². The van der Waals surface area contributed by atoms with E-state index in [0.29, 0.717) is 0 Å². The molecule has 0 fully saturated rings. The Bertz CT molecular complexity index is 87.7. The zero-order valence-corrected chi connectivity index (χ0v) is 3.89. The minimum atomic E-state index is -0.242. The first-order valence-electron chi connectivity index (χ1n) is 1.88. The van der Waals surface area contributed by atoms with Gasteiger partial charge in [-0.25, -0.2) is 0 Å². The van der Waals surface area contributed by atoms with Crippen LogP contribution in [0.4, 0.5) is 0 Å². The summed E-state index contributed by atoms with van der Waals surface area (Å²) in [4.78, 5) is 0. The van der Waals surface area contributed by atoms with Gasteiger partial charge in [0, 0.05) is 0 Å². The molecule has 7 heavy (non-hydrogen) atoms. The summed E-state index contributed by atoms with van der Waals surface area (Å²) in [6, 6.07) is 0. The van der Waals surface area contributed by atoms with Crippen LogP contribution < -0.4 is 5.73 Å². The van der Waals surface area contributed by atoms with E-state index in [1.54, 1.807) is 0 Å². The first-order chi connectivity index (χ1) is 3.31. The van der Waals surface area contributed by atoms with Gasteiger partial charge in [0.05, 0.1) is 12.3 Å². The van der Waals surface area contributed by atoms with Crippen LogP contribution in [0.3, 0.4) is 0 Å². The maximum absolute atomic E-state index is 8.13. The Morgan fingerprint density at radius 2 is 2.43 bits per heavy atom. The van der Waals surface area contributed by atoms with Gasteiger partial charge in [0.2, 0.25) is 0 Å². The lowest BCUT2D eigenvalue weighted by atomic mass is 10.4. The van der Waals surface area contributed by atoms with Gasteiger partial charge in [-0.3, -0.25) is 0 Å². The molecule has 0 unspecified atom stereocenters. The van der Waals surface area contributed by atoms with Crippen molar-refractivity contribution >= 4 is 5.71 Å². The molecule has 40 valence electrons. The molecule has 0 saturated heterocycles. The molecule has 0 bridgehead atoms. The van der Waals surface area contributed by atoms with Gasteiger partial charge in [-0.1, -0.05) is 0 Å². The molecule has 0 rings (SSSR count). The Balaban J connectivity index is 3.37. The molecule has 0 radical (unpaired) electrons. The third-order valence-electron chi connectivity index (χ3n) is 0.468. The molecule has 0 aliphatic rings. The third-order valence-corrected chi connectivity index (χ3v) is 0.468. The summed E-state index contributed by atoms with van der Waals surface area (Å²) >= 11 is 0. The zero-order valence-electron chi connectivity index (χ0n) is 3.89. The summed E-state index contributed by atoms with van der Waals surface area (Å²) in [6.45, 7) is -0.242. The Hall–Kier alpha value is -0.830. The molecule has 0 amide bonds. The van der Waals surface area contributed by atoms with Gasteiger partial charge in [-0.05, 0) is 12.3 Å². The van der Waals surface area contributed by atoms with E-state index in [1.165, 1.54) is 12.3 Å². The van der Waals surface area contributed by atoms with E-state index in [2.05, 4.69) is 0 Å². The summed E-state index contributed by atoms with van der Waals surface area (Å²) < 4.78 is 0. The summed E-state index contributed by atoms with van der Waals surface area (Å²) in [5, 5.41) is 14.9. The van der Waals surface area contributed by atoms with E-state index in [9.17, 15) is 0 Å². The number of rotatable bonds is 2. The van der Waals surface area contributed by atoms with Crippen LogP contribution in [-0.4, -0.2) is 17.4 Å². The van der Waals surface area contributed by atoms with Gasteiger partial charge in [-0.2, -0.15) is 0 Å². The smallest absolute Gasteiger partial charge is 0.0846 e. The lowest BCUT2D eigenvalue weighted by molar-refractivity contribution is 0.357. The van der Waals surface area contributed by atoms with Crippen LogP contribution in [-0.2, 0) is 0 Å². The Labute approximate surface area is 42.0 Å². The van der Waals surface area contributed by atoms with E-state index in [0.717, 1.165) is 0 Å². The standard InChI is InChI=1S/C4H8N2O/c5-2-1-4(6)3-7/h1-2,6-7H,3,5H2. The maximum atomic E-state index is 8.13. The molecule has 0 spiro atoms. The maximum Gasteiger partial charge on any atom is 0.0846 e. The molecule has 0 atom stereocenters. The second-order valence-electron chi connectivity index (χ2n) is 1.04. The van der Waals surface area contributed by atoms with E-state index in [4.69, 9.17) is 16.2 Å². The molecule has 0 saturated carbocycles. The molecule has 0 aromatic rings. The van der Waals surface area contributed by atoms with E-state index in [-0.39, 0.29) is 12.3 Å². The fourth-order valence-electron chi connectivity index (χ4n) is 0.169. The normalized spacial score (nSPS) is 9.86. The van der Waals surface area contributed by atoms with Gasteiger partial charge in [-0.15, -0.1) is 0 Å².